The van der Waals surface area contributed by atoms with Crippen LogP contribution in [0.2, 0.25) is 0 Å². The predicted octanol–water partition coefficient (Wildman–Crippen LogP) is 4.04. The van der Waals surface area contributed by atoms with Gasteiger partial charge in [0.25, 0.3) is 15.9 Å². The molecule has 0 atom stereocenters. The number of rotatable bonds is 5. The second-order valence-electron chi connectivity index (χ2n) is 5.96. The van der Waals surface area contributed by atoms with Gasteiger partial charge in [-0.15, -0.1) is 0 Å². The molecule has 1 amide bonds. The molecule has 3 rings (SSSR count). The van der Waals surface area contributed by atoms with Gasteiger partial charge in [-0.2, -0.15) is 4.31 Å². The molecule has 0 fully saturated rings. The van der Waals surface area contributed by atoms with E-state index in [0.29, 0.717) is 5.75 Å². The molecule has 0 saturated heterocycles. The molecule has 0 aliphatic heterocycles. The van der Waals surface area contributed by atoms with Gasteiger partial charge in [0.2, 0.25) is 0 Å². The average Bonchev–Trinajstić information content (AvgIpc) is 2.70. The first kappa shape index (κ1) is 18.7. The molecule has 5 nitrogen and oxygen atoms in total. The molecule has 0 N–H and O–H groups in total. The maximum atomic E-state index is 13.3. The summed E-state index contributed by atoms with van der Waals surface area (Å²) in [6, 6.07) is 21.1. The first-order valence-electron chi connectivity index (χ1n) is 8.29. The normalized spacial score (nSPS) is 11.0. The largest absolute Gasteiger partial charge is 0.497 e. The van der Waals surface area contributed by atoms with Crippen LogP contribution in [0.5, 0.6) is 5.75 Å². The van der Waals surface area contributed by atoms with E-state index < -0.39 is 15.9 Å². The van der Waals surface area contributed by atoms with Crippen molar-refractivity contribution in [2.75, 3.05) is 11.4 Å². The minimum atomic E-state index is -4.09. The Morgan fingerprint density at radius 1 is 0.889 bits per heavy atom. The van der Waals surface area contributed by atoms with E-state index in [4.69, 9.17) is 4.74 Å². The van der Waals surface area contributed by atoms with Crippen LogP contribution >= 0.6 is 0 Å². The number of methoxy groups -OCH3 is 1. The Kier molecular flexibility index (Phi) is 5.28. The molecule has 6 heteroatoms. The third kappa shape index (κ3) is 3.85. The monoisotopic (exact) mass is 381 g/mol. The van der Waals surface area contributed by atoms with Gasteiger partial charge in [-0.05, 0) is 49.4 Å². The lowest BCUT2D eigenvalue weighted by Crippen LogP contribution is -2.37. The van der Waals surface area contributed by atoms with Gasteiger partial charge in [0.15, 0.2) is 0 Å². The first-order valence-corrected chi connectivity index (χ1v) is 9.73. The quantitative estimate of drug-likeness (QED) is 0.669. The van der Waals surface area contributed by atoms with Gasteiger partial charge in [0.05, 0.1) is 17.7 Å². The van der Waals surface area contributed by atoms with Crippen molar-refractivity contribution in [1.29, 1.82) is 0 Å². The summed E-state index contributed by atoms with van der Waals surface area (Å²) in [6.07, 6.45) is 0. The van der Waals surface area contributed by atoms with E-state index in [1.165, 1.54) is 25.3 Å². The second-order valence-corrected chi connectivity index (χ2v) is 7.74. The molecule has 0 saturated carbocycles. The summed E-state index contributed by atoms with van der Waals surface area (Å²) >= 11 is 0. The van der Waals surface area contributed by atoms with E-state index in [1.807, 2.05) is 6.92 Å². The van der Waals surface area contributed by atoms with Crippen LogP contribution in [0.1, 0.15) is 15.9 Å². The van der Waals surface area contributed by atoms with Crippen molar-refractivity contribution in [3.05, 3.63) is 90.0 Å². The molecule has 0 aliphatic rings. The minimum absolute atomic E-state index is 0.0434. The summed E-state index contributed by atoms with van der Waals surface area (Å²) in [7, 11) is -2.60. The second kappa shape index (κ2) is 7.63. The molecule has 0 aliphatic carbocycles. The van der Waals surface area contributed by atoms with Crippen LogP contribution in [0.15, 0.2) is 83.8 Å². The lowest BCUT2D eigenvalue weighted by Gasteiger charge is -2.23. The Balaban J connectivity index is 2.15. The zero-order chi connectivity index (χ0) is 19.4. The highest BCUT2D eigenvalue weighted by Crippen LogP contribution is 2.27. The maximum Gasteiger partial charge on any atom is 0.272 e. The summed E-state index contributed by atoms with van der Waals surface area (Å²) in [4.78, 5) is 13.3. The standard InChI is InChI=1S/C21H19NO4S/c1-16-11-13-18(14-12-16)22(27(24,25)20-9-4-3-5-10-20)21(23)17-7-6-8-19(15-17)26-2/h3-15H,1-2H3. The van der Waals surface area contributed by atoms with Crippen LogP contribution in [0.25, 0.3) is 0 Å². The van der Waals surface area contributed by atoms with E-state index in [2.05, 4.69) is 0 Å². The number of benzene rings is 3. The smallest absolute Gasteiger partial charge is 0.272 e. The number of carbonyl (C=O) groups is 1. The Labute approximate surface area is 158 Å². The van der Waals surface area contributed by atoms with E-state index in [0.717, 1.165) is 9.87 Å². The van der Waals surface area contributed by atoms with Crippen molar-refractivity contribution in [3.63, 3.8) is 0 Å². The number of amides is 1. The molecule has 0 aromatic heterocycles. The van der Waals surface area contributed by atoms with Crippen LogP contribution in [-0.4, -0.2) is 21.4 Å². The fourth-order valence-electron chi connectivity index (χ4n) is 2.62. The highest BCUT2D eigenvalue weighted by Gasteiger charge is 2.31. The Morgan fingerprint density at radius 2 is 1.56 bits per heavy atom. The molecule has 0 radical (unpaired) electrons. The number of ether oxygens (including phenoxy) is 1. The van der Waals surface area contributed by atoms with Gasteiger partial charge >= 0.3 is 0 Å². The molecule has 27 heavy (non-hydrogen) atoms. The Morgan fingerprint density at radius 3 is 2.19 bits per heavy atom. The van der Waals surface area contributed by atoms with Crippen molar-refractivity contribution in [2.24, 2.45) is 0 Å². The van der Waals surface area contributed by atoms with Crippen molar-refractivity contribution < 1.29 is 17.9 Å². The minimum Gasteiger partial charge on any atom is -0.497 e. The van der Waals surface area contributed by atoms with Crippen molar-refractivity contribution in [3.8, 4) is 5.75 Å². The topological polar surface area (TPSA) is 63.7 Å². The summed E-state index contributed by atoms with van der Waals surface area (Å²) in [5.74, 6) is -0.177. The fraction of sp³-hybridized carbons (Fsp3) is 0.0952. The van der Waals surface area contributed by atoms with Gasteiger partial charge in [-0.1, -0.05) is 42.0 Å². The SMILES string of the molecule is COc1cccc(C(=O)N(c2ccc(C)cc2)S(=O)(=O)c2ccccc2)c1. The number of carbonyl (C=O) groups excluding carboxylic acids is 1. The van der Waals surface area contributed by atoms with E-state index in [-0.39, 0.29) is 16.1 Å². The predicted molar refractivity (Wildman–Crippen MR) is 105 cm³/mol. The van der Waals surface area contributed by atoms with Crippen LogP contribution in [-0.2, 0) is 10.0 Å². The molecule has 138 valence electrons. The third-order valence-corrected chi connectivity index (χ3v) is 5.78. The first-order chi connectivity index (χ1) is 12.9. The zero-order valence-corrected chi connectivity index (χ0v) is 15.8. The van der Waals surface area contributed by atoms with Gasteiger partial charge in [0, 0.05) is 5.56 Å². The van der Waals surface area contributed by atoms with E-state index in [1.54, 1.807) is 60.7 Å². The molecule has 0 heterocycles. The lowest BCUT2D eigenvalue weighted by atomic mass is 10.2. The summed E-state index contributed by atoms with van der Waals surface area (Å²) < 4.78 is 32.5. The molecule has 0 bridgehead atoms. The molecule has 3 aromatic carbocycles. The van der Waals surface area contributed by atoms with E-state index in [9.17, 15) is 13.2 Å². The Hall–Kier alpha value is -3.12. The van der Waals surface area contributed by atoms with Gasteiger partial charge < -0.3 is 4.74 Å². The summed E-state index contributed by atoms with van der Waals surface area (Å²) in [6.45, 7) is 1.89. The van der Waals surface area contributed by atoms with Gasteiger partial charge in [-0.25, -0.2) is 8.42 Å². The molecule has 0 spiro atoms. The lowest BCUT2D eigenvalue weighted by molar-refractivity contribution is 0.100. The van der Waals surface area contributed by atoms with Gasteiger partial charge in [-0.3, -0.25) is 4.79 Å². The van der Waals surface area contributed by atoms with Gasteiger partial charge in [0.1, 0.15) is 5.75 Å². The van der Waals surface area contributed by atoms with Crippen LogP contribution in [0.3, 0.4) is 0 Å². The highest BCUT2D eigenvalue weighted by molar-refractivity contribution is 7.93. The van der Waals surface area contributed by atoms with Crippen LogP contribution in [0.4, 0.5) is 5.69 Å². The van der Waals surface area contributed by atoms with Crippen molar-refractivity contribution >= 4 is 21.6 Å². The Bertz CT molecular complexity index is 1050. The fourth-order valence-corrected chi connectivity index (χ4v) is 4.05. The van der Waals surface area contributed by atoms with Crippen molar-refractivity contribution in [2.45, 2.75) is 11.8 Å². The molecule has 3 aromatic rings. The number of aryl methyl sites for hydroxylation is 1. The maximum absolute atomic E-state index is 13.3. The number of hydrogen-bond acceptors (Lipinski definition) is 4. The highest BCUT2D eigenvalue weighted by atomic mass is 32.2. The van der Waals surface area contributed by atoms with Crippen LogP contribution < -0.4 is 9.04 Å². The number of sulfonamides is 1. The summed E-state index contributed by atoms with van der Waals surface area (Å²) in [5.41, 5.74) is 1.45. The number of anilines is 1. The molecular formula is C21H19NO4S. The third-order valence-electron chi connectivity index (χ3n) is 4.05. The zero-order valence-electron chi connectivity index (χ0n) is 15.0. The summed E-state index contributed by atoms with van der Waals surface area (Å²) in [5, 5.41) is 0. The average molecular weight is 381 g/mol. The number of hydrogen-bond donors (Lipinski definition) is 0. The molecular weight excluding hydrogens is 362 g/mol. The number of nitrogens with zero attached hydrogens (tertiary/aromatic N) is 1. The van der Waals surface area contributed by atoms with E-state index >= 15 is 0 Å². The van der Waals surface area contributed by atoms with Crippen LogP contribution in [0, 0.1) is 6.92 Å². The van der Waals surface area contributed by atoms with Crippen molar-refractivity contribution in [1.82, 2.24) is 0 Å². The molecule has 0 unspecified atom stereocenters.